The van der Waals surface area contributed by atoms with Gasteiger partial charge in [0, 0.05) is 13.7 Å². The van der Waals surface area contributed by atoms with Crippen molar-refractivity contribution in [1.82, 2.24) is 0 Å². The number of aliphatic hydroxyl groups excluding tert-OH is 1. The van der Waals surface area contributed by atoms with Gasteiger partial charge in [0.1, 0.15) is 0 Å². The zero-order valence-corrected chi connectivity index (χ0v) is 8.76. The maximum atomic E-state index is 7.00. The minimum Gasteiger partial charge on any atom is -0.400 e. The van der Waals surface area contributed by atoms with Crippen LogP contribution >= 0.6 is 0 Å². The molecular weight excluding hydrogens is 152 g/mol. The highest BCUT2D eigenvalue weighted by atomic mass is 16.5. The number of hydrogen-bond donors (Lipinski definition) is 1. The van der Waals surface area contributed by atoms with Gasteiger partial charge in [0.15, 0.2) is 0 Å². The molecule has 0 aromatic heterocycles. The van der Waals surface area contributed by atoms with E-state index in [4.69, 9.17) is 9.84 Å². The van der Waals surface area contributed by atoms with E-state index in [2.05, 4.69) is 27.4 Å². The van der Waals surface area contributed by atoms with Gasteiger partial charge in [-0.25, -0.2) is 0 Å². The highest BCUT2D eigenvalue weighted by Gasteiger charge is 2.08. The van der Waals surface area contributed by atoms with Crippen molar-refractivity contribution in [2.24, 2.45) is 0 Å². The third-order valence-electron chi connectivity index (χ3n) is 1.09. The Morgan fingerprint density at radius 1 is 1.33 bits per heavy atom. The Labute approximate surface area is 76.2 Å². The standard InChI is InChI=1S/C9H18O.CH4O/c1-5-6-7-8-10-9(2,3)4;1-2/h5H,1,6-8H2,2-4H3;2H,1H3. The molecule has 74 valence electrons. The quantitative estimate of drug-likeness (QED) is 0.524. The van der Waals surface area contributed by atoms with E-state index < -0.39 is 0 Å². The first-order chi connectivity index (χ1) is 5.56. The van der Waals surface area contributed by atoms with Crippen LogP contribution in [-0.4, -0.2) is 24.4 Å². The average molecular weight is 174 g/mol. The Kier molecular flexibility index (Phi) is 10.4. The van der Waals surface area contributed by atoms with Crippen LogP contribution in [0.4, 0.5) is 0 Å². The summed E-state index contributed by atoms with van der Waals surface area (Å²) in [5, 5.41) is 7.00. The van der Waals surface area contributed by atoms with Crippen molar-refractivity contribution in [2.75, 3.05) is 13.7 Å². The lowest BCUT2D eigenvalue weighted by Crippen LogP contribution is -2.19. The molecule has 0 aromatic rings. The van der Waals surface area contributed by atoms with E-state index in [1.165, 1.54) is 0 Å². The maximum Gasteiger partial charge on any atom is 0.0598 e. The fourth-order valence-electron chi connectivity index (χ4n) is 0.606. The normalized spacial score (nSPS) is 10.1. The van der Waals surface area contributed by atoms with Crippen LogP contribution in [0.3, 0.4) is 0 Å². The van der Waals surface area contributed by atoms with Gasteiger partial charge in [-0.15, -0.1) is 6.58 Å². The van der Waals surface area contributed by atoms with E-state index in [1.54, 1.807) is 0 Å². The van der Waals surface area contributed by atoms with Crippen LogP contribution in [0.15, 0.2) is 12.7 Å². The molecule has 0 bridgehead atoms. The van der Waals surface area contributed by atoms with Crippen molar-refractivity contribution < 1.29 is 9.84 Å². The zero-order valence-electron chi connectivity index (χ0n) is 8.76. The maximum absolute atomic E-state index is 7.00. The van der Waals surface area contributed by atoms with Crippen LogP contribution in [0.5, 0.6) is 0 Å². The SMILES string of the molecule is C=CCCCOC(C)(C)C.CO. The molecule has 0 fully saturated rings. The predicted molar refractivity (Wildman–Crippen MR) is 53.3 cm³/mol. The molecule has 0 aromatic carbocycles. The van der Waals surface area contributed by atoms with Crippen molar-refractivity contribution in [2.45, 2.75) is 39.2 Å². The molecule has 0 heterocycles. The molecule has 0 saturated heterocycles. The van der Waals surface area contributed by atoms with Crippen molar-refractivity contribution in [3.8, 4) is 0 Å². The molecule has 0 spiro atoms. The minimum absolute atomic E-state index is 0.0150. The molecule has 0 aliphatic rings. The van der Waals surface area contributed by atoms with Gasteiger partial charge >= 0.3 is 0 Å². The van der Waals surface area contributed by atoms with Crippen LogP contribution in [0.2, 0.25) is 0 Å². The van der Waals surface area contributed by atoms with E-state index in [0.29, 0.717) is 0 Å². The van der Waals surface area contributed by atoms with Crippen LogP contribution in [0, 0.1) is 0 Å². The summed E-state index contributed by atoms with van der Waals surface area (Å²) >= 11 is 0. The van der Waals surface area contributed by atoms with E-state index in [0.717, 1.165) is 26.6 Å². The molecule has 2 heteroatoms. The number of ether oxygens (including phenoxy) is 1. The molecule has 0 atom stereocenters. The van der Waals surface area contributed by atoms with E-state index in [9.17, 15) is 0 Å². The first-order valence-corrected chi connectivity index (χ1v) is 4.26. The third-order valence-corrected chi connectivity index (χ3v) is 1.09. The topological polar surface area (TPSA) is 29.5 Å². The van der Waals surface area contributed by atoms with Crippen LogP contribution < -0.4 is 0 Å². The summed E-state index contributed by atoms with van der Waals surface area (Å²) in [7, 11) is 1.00. The lowest BCUT2D eigenvalue weighted by atomic mass is 10.2. The predicted octanol–water partition coefficient (Wildman–Crippen LogP) is 2.38. The van der Waals surface area contributed by atoms with Crippen molar-refractivity contribution in [1.29, 1.82) is 0 Å². The van der Waals surface area contributed by atoms with Crippen LogP contribution in [-0.2, 0) is 4.74 Å². The average Bonchev–Trinajstić information content (AvgIpc) is 2.01. The molecule has 2 nitrogen and oxygen atoms in total. The molecule has 0 amide bonds. The molecule has 12 heavy (non-hydrogen) atoms. The Hall–Kier alpha value is -0.340. The van der Waals surface area contributed by atoms with Gasteiger partial charge in [-0.05, 0) is 33.6 Å². The first kappa shape index (κ1) is 14.2. The molecule has 1 N–H and O–H groups in total. The van der Waals surface area contributed by atoms with Crippen molar-refractivity contribution in [3.63, 3.8) is 0 Å². The third kappa shape index (κ3) is 16.3. The van der Waals surface area contributed by atoms with E-state index >= 15 is 0 Å². The molecular formula is C10H22O2. The Morgan fingerprint density at radius 3 is 2.17 bits per heavy atom. The summed E-state index contributed by atoms with van der Waals surface area (Å²) in [4.78, 5) is 0. The fraction of sp³-hybridized carbons (Fsp3) is 0.800. The number of hydrogen-bond acceptors (Lipinski definition) is 2. The van der Waals surface area contributed by atoms with Gasteiger partial charge in [-0.2, -0.15) is 0 Å². The van der Waals surface area contributed by atoms with Gasteiger partial charge in [-0.1, -0.05) is 6.08 Å². The highest BCUT2D eigenvalue weighted by Crippen LogP contribution is 2.07. The van der Waals surface area contributed by atoms with Crippen LogP contribution in [0.25, 0.3) is 0 Å². The van der Waals surface area contributed by atoms with Gasteiger partial charge in [0.25, 0.3) is 0 Å². The molecule has 0 radical (unpaired) electrons. The summed E-state index contributed by atoms with van der Waals surface area (Å²) < 4.78 is 5.48. The van der Waals surface area contributed by atoms with Gasteiger partial charge in [0.05, 0.1) is 5.60 Å². The fourth-order valence-corrected chi connectivity index (χ4v) is 0.606. The Bertz CT molecular complexity index is 92.5. The molecule has 0 unspecified atom stereocenters. The summed E-state index contributed by atoms with van der Waals surface area (Å²) in [5.74, 6) is 0. The molecule has 0 saturated carbocycles. The molecule has 0 rings (SSSR count). The van der Waals surface area contributed by atoms with Gasteiger partial charge < -0.3 is 9.84 Å². The summed E-state index contributed by atoms with van der Waals surface area (Å²) in [5.41, 5.74) is 0.0150. The number of aliphatic hydroxyl groups is 1. The minimum atomic E-state index is 0.0150. The van der Waals surface area contributed by atoms with E-state index in [-0.39, 0.29) is 5.60 Å². The van der Waals surface area contributed by atoms with Crippen molar-refractivity contribution >= 4 is 0 Å². The summed E-state index contributed by atoms with van der Waals surface area (Å²) in [6, 6.07) is 0. The second kappa shape index (κ2) is 8.75. The second-order valence-electron chi connectivity index (χ2n) is 3.39. The van der Waals surface area contributed by atoms with E-state index in [1.807, 2.05) is 6.08 Å². The monoisotopic (exact) mass is 174 g/mol. The molecule has 0 aliphatic heterocycles. The largest absolute Gasteiger partial charge is 0.400 e. The lowest BCUT2D eigenvalue weighted by Gasteiger charge is -2.18. The first-order valence-electron chi connectivity index (χ1n) is 4.26. The van der Waals surface area contributed by atoms with Gasteiger partial charge in [0.2, 0.25) is 0 Å². The number of rotatable bonds is 4. The van der Waals surface area contributed by atoms with Crippen LogP contribution in [0.1, 0.15) is 33.6 Å². The lowest BCUT2D eigenvalue weighted by molar-refractivity contribution is -0.00362. The second-order valence-corrected chi connectivity index (χ2v) is 3.39. The summed E-state index contributed by atoms with van der Waals surface area (Å²) in [6.07, 6.45) is 4.06. The summed E-state index contributed by atoms with van der Waals surface area (Å²) in [6.45, 7) is 10.7. The molecule has 0 aliphatic carbocycles. The number of unbranched alkanes of at least 4 members (excludes halogenated alkanes) is 1. The zero-order chi connectivity index (χ0) is 10.0. The Balaban J connectivity index is 0. The Morgan fingerprint density at radius 2 is 1.83 bits per heavy atom. The van der Waals surface area contributed by atoms with Gasteiger partial charge in [-0.3, -0.25) is 0 Å². The van der Waals surface area contributed by atoms with Crippen molar-refractivity contribution in [3.05, 3.63) is 12.7 Å². The smallest absolute Gasteiger partial charge is 0.0598 e. The highest BCUT2D eigenvalue weighted by molar-refractivity contribution is 4.66. The number of allylic oxidation sites excluding steroid dienone is 1.